The molecule has 1 unspecified atom stereocenters. The van der Waals surface area contributed by atoms with E-state index in [1.54, 1.807) is 36.4 Å². The van der Waals surface area contributed by atoms with Gasteiger partial charge in [-0.3, -0.25) is 9.59 Å². The third-order valence-electron chi connectivity index (χ3n) is 10.0. The first-order chi connectivity index (χ1) is 27.8. The van der Waals surface area contributed by atoms with Gasteiger partial charge in [0.2, 0.25) is 0 Å². The Kier molecular flexibility index (Phi) is 15.7. The zero-order valence-corrected chi connectivity index (χ0v) is 32.9. The number of carbonyl (C=O) groups excluding carboxylic acids is 2. The molecule has 0 saturated carbocycles. The van der Waals surface area contributed by atoms with Crippen LogP contribution in [-0.2, 0) is 30.3 Å². The number of nitrogens with zero attached hydrogens (tertiary/aromatic N) is 1. The molecule has 14 heteroatoms. The van der Waals surface area contributed by atoms with Gasteiger partial charge >= 0.3 is 11.9 Å². The summed E-state index contributed by atoms with van der Waals surface area (Å²) >= 11 is 0. The first kappa shape index (κ1) is 44.1. The van der Waals surface area contributed by atoms with Gasteiger partial charge in [-0.25, -0.2) is 9.18 Å². The molecule has 0 spiro atoms. The molecule has 0 aliphatic carbocycles. The van der Waals surface area contributed by atoms with Crippen LogP contribution in [0.5, 0.6) is 0 Å². The maximum Gasteiger partial charge on any atom is 0.338 e. The molecule has 1 aliphatic heterocycles. The number of hydrogen-bond donors (Lipinski definition) is 6. The fraction of sp³-hybridized carbons (Fsp3) is 0.432. The number of anilines is 1. The first-order valence-electron chi connectivity index (χ1n) is 19.7. The molecule has 1 fully saturated rings. The standard InChI is InChI=1S/C44H53FN2O11/c1-4-5-12-23-56-44-40(53)38(51)39(52)41(58-44)43(55)57-32(25-33(49)50)24-31(48)21-22-47-36(26(2)3)35(42(54)46-30-15-10-7-11-16-30)34(27-13-8-6-9-14-27)37(47)28-17-19-29(45)20-18-28/h6-11,13-20,26,31-32,38-41,44,48,51-53H,4-5,12,21-25H2,1-3H3,(H,46,54)(H,49,50)/t31-,32-,38+,39+,40-,41+,44?/m1/s1. The lowest BCUT2D eigenvalue weighted by molar-refractivity contribution is -0.296. The van der Waals surface area contributed by atoms with Gasteiger partial charge in [0.15, 0.2) is 12.4 Å². The van der Waals surface area contributed by atoms with Crippen molar-refractivity contribution in [2.45, 2.75) is 115 Å². The van der Waals surface area contributed by atoms with E-state index in [1.807, 2.05) is 61.7 Å². The highest BCUT2D eigenvalue weighted by Gasteiger charge is 2.48. The van der Waals surface area contributed by atoms with Crippen LogP contribution in [0.25, 0.3) is 22.4 Å². The molecule has 7 atom stereocenters. The molecule has 1 aromatic heterocycles. The van der Waals surface area contributed by atoms with E-state index in [9.17, 15) is 44.3 Å². The Balaban J connectivity index is 1.45. The zero-order chi connectivity index (χ0) is 41.9. The zero-order valence-electron chi connectivity index (χ0n) is 32.9. The van der Waals surface area contributed by atoms with E-state index >= 15 is 0 Å². The number of ether oxygens (including phenoxy) is 3. The summed E-state index contributed by atoms with van der Waals surface area (Å²) in [6.45, 7) is 6.13. The van der Waals surface area contributed by atoms with E-state index in [2.05, 4.69) is 5.32 Å². The van der Waals surface area contributed by atoms with Gasteiger partial charge in [-0.2, -0.15) is 0 Å². The minimum absolute atomic E-state index is 0.00533. The van der Waals surface area contributed by atoms with E-state index in [0.717, 1.165) is 18.4 Å². The van der Waals surface area contributed by atoms with Gasteiger partial charge in [0.05, 0.1) is 23.8 Å². The topological polar surface area (TPSA) is 197 Å². The van der Waals surface area contributed by atoms with Gasteiger partial charge in [0.25, 0.3) is 5.91 Å². The quantitative estimate of drug-likeness (QED) is 0.0489. The molecule has 6 N–H and O–H groups in total. The van der Waals surface area contributed by atoms with Crippen molar-refractivity contribution in [3.63, 3.8) is 0 Å². The Labute approximate surface area is 337 Å². The fourth-order valence-corrected chi connectivity index (χ4v) is 7.24. The molecule has 4 aromatic rings. The minimum atomic E-state index is -1.91. The molecule has 0 bridgehead atoms. The van der Waals surface area contributed by atoms with E-state index in [4.69, 9.17) is 14.2 Å². The molecular formula is C44H53FN2O11. The molecular weight excluding hydrogens is 751 g/mol. The van der Waals surface area contributed by atoms with Gasteiger partial charge in [0, 0.05) is 36.5 Å². The highest BCUT2D eigenvalue weighted by Crippen LogP contribution is 2.43. The van der Waals surface area contributed by atoms with E-state index in [1.165, 1.54) is 12.1 Å². The van der Waals surface area contributed by atoms with Crippen LogP contribution in [0, 0.1) is 5.82 Å². The van der Waals surface area contributed by atoms with Crippen LogP contribution in [0.15, 0.2) is 84.9 Å². The van der Waals surface area contributed by atoms with Crippen molar-refractivity contribution in [3.8, 4) is 22.4 Å². The number of hydrogen-bond acceptors (Lipinski definition) is 10. The number of rotatable bonds is 19. The number of halogens is 1. The molecule has 1 amide bonds. The Bertz CT molecular complexity index is 1960. The van der Waals surface area contributed by atoms with Crippen LogP contribution >= 0.6 is 0 Å². The molecule has 0 radical (unpaired) electrons. The number of aliphatic carboxylic acids is 1. The van der Waals surface area contributed by atoms with Gasteiger partial charge < -0.3 is 49.6 Å². The number of unbranched alkanes of at least 4 members (excludes halogenated alkanes) is 2. The monoisotopic (exact) mass is 804 g/mol. The Morgan fingerprint density at radius 2 is 1.53 bits per heavy atom. The number of amides is 1. The highest BCUT2D eigenvalue weighted by molar-refractivity contribution is 6.12. The number of esters is 1. The number of carboxylic acids is 1. The Hall–Kier alpha value is -4.96. The second-order valence-corrected chi connectivity index (χ2v) is 14.8. The average Bonchev–Trinajstić information content (AvgIpc) is 3.55. The smallest absolute Gasteiger partial charge is 0.338 e. The first-order valence-corrected chi connectivity index (χ1v) is 19.7. The number of benzene rings is 3. The van der Waals surface area contributed by atoms with Crippen molar-refractivity contribution < 1.29 is 58.5 Å². The summed E-state index contributed by atoms with van der Waals surface area (Å²) in [7, 11) is 0. The number of carbonyl (C=O) groups is 3. The summed E-state index contributed by atoms with van der Waals surface area (Å²) in [5, 5.41) is 55.7. The van der Waals surface area contributed by atoms with Crippen molar-refractivity contribution in [2.24, 2.45) is 0 Å². The largest absolute Gasteiger partial charge is 0.481 e. The van der Waals surface area contributed by atoms with Crippen molar-refractivity contribution in [1.82, 2.24) is 4.57 Å². The summed E-state index contributed by atoms with van der Waals surface area (Å²) in [5.41, 5.74) is 4.16. The average molecular weight is 805 g/mol. The SMILES string of the molecule is CCCCCOC1O[C@H](C(=O)O[C@@H](CC(=O)O)C[C@H](O)CCn2c(-c3ccc(F)cc3)c(-c3ccccc3)c(C(=O)Nc3ccccc3)c2C(C)C)[C@@H](O)[C@H](O)[C@H]1O. The maximum atomic E-state index is 14.4. The van der Waals surface area contributed by atoms with Crippen LogP contribution in [0.4, 0.5) is 10.1 Å². The lowest BCUT2D eigenvalue weighted by Gasteiger charge is -2.39. The normalized spacial score (nSPS) is 20.4. The Morgan fingerprint density at radius 3 is 2.16 bits per heavy atom. The van der Waals surface area contributed by atoms with Crippen LogP contribution in [-0.4, -0.2) is 97.5 Å². The molecule has 3 aromatic carbocycles. The Morgan fingerprint density at radius 1 is 0.879 bits per heavy atom. The summed E-state index contributed by atoms with van der Waals surface area (Å²) in [5.74, 6) is -3.58. The van der Waals surface area contributed by atoms with Gasteiger partial charge in [-0.1, -0.05) is 82.1 Å². The van der Waals surface area contributed by atoms with Crippen LogP contribution in [0.3, 0.4) is 0 Å². The second kappa shape index (κ2) is 20.6. The van der Waals surface area contributed by atoms with E-state index in [0.29, 0.717) is 40.2 Å². The van der Waals surface area contributed by atoms with Crippen LogP contribution < -0.4 is 5.32 Å². The predicted octanol–water partition coefficient (Wildman–Crippen LogP) is 5.88. The van der Waals surface area contributed by atoms with Crippen LogP contribution in [0.2, 0.25) is 0 Å². The molecule has 2 heterocycles. The van der Waals surface area contributed by atoms with E-state index < -0.39 is 67.1 Å². The molecule has 312 valence electrons. The predicted molar refractivity (Wildman–Crippen MR) is 213 cm³/mol. The third-order valence-corrected chi connectivity index (χ3v) is 10.0. The summed E-state index contributed by atoms with van der Waals surface area (Å²) < 4.78 is 32.8. The molecule has 13 nitrogen and oxygen atoms in total. The number of para-hydroxylation sites is 1. The highest BCUT2D eigenvalue weighted by atomic mass is 19.1. The molecule has 1 saturated heterocycles. The lowest BCUT2D eigenvalue weighted by Crippen LogP contribution is -2.60. The lowest BCUT2D eigenvalue weighted by atomic mass is 9.94. The van der Waals surface area contributed by atoms with Crippen molar-refractivity contribution in [1.29, 1.82) is 0 Å². The summed E-state index contributed by atoms with van der Waals surface area (Å²) in [6, 6.07) is 24.2. The number of nitrogens with one attached hydrogen (secondary N) is 1. The fourth-order valence-electron chi connectivity index (χ4n) is 7.24. The van der Waals surface area contributed by atoms with Crippen molar-refractivity contribution >= 4 is 23.5 Å². The van der Waals surface area contributed by atoms with Gasteiger partial charge in [0.1, 0.15) is 30.2 Å². The van der Waals surface area contributed by atoms with Crippen molar-refractivity contribution in [3.05, 3.63) is 102 Å². The number of carboxylic acid groups (broad SMARTS) is 1. The minimum Gasteiger partial charge on any atom is -0.481 e. The number of aliphatic hydroxyl groups is 4. The number of aromatic nitrogens is 1. The summed E-state index contributed by atoms with van der Waals surface area (Å²) in [6.07, 6.45) is -9.97. The number of aliphatic hydroxyl groups excluding tert-OH is 4. The maximum absolute atomic E-state index is 14.4. The van der Waals surface area contributed by atoms with Crippen molar-refractivity contribution in [2.75, 3.05) is 11.9 Å². The van der Waals surface area contributed by atoms with Crippen LogP contribution in [0.1, 0.15) is 81.3 Å². The molecule has 58 heavy (non-hydrogen) atoms. The molecule has 1 aliphatic rings. The summed E-state index contributed by atoms with van der Waals surface area (Å²) in [4.78, 5) is 39.6. The second-order valence-electron chi connectivity index (χ2n) is 14.8. The van der Waals surface area contributed by atoms with Gasteiger partial charge in [-0.15, -0.1) is 0 Å². The third kappa shape index (κ3) is 10.9. The van der Waals surface area contributed by atoms with E-state index in [-0.39, 0.29) is 37.8 Å². The van der Waals surface area contributed by atoms with Gasteiger partial charge in [-0.05, 0) is 66.3 Å². The molecule has 5 rings (SSSR count).